The standard InChI is InChI=1S/C6H13OSi/c1-8(2,3)7-6-4-5-6/h4-5H2,1-3H3. The summed E-state index contributed by atoms with van der Waals surface area (Å²) in [5, 5.41) is 0. The van der Waals surface area contributed by atoms with Crippen LogP contribution in [-0.2, 0) is 4.43 Å². The van der Waals surface area contributed by atoms with Gasteiger partial charge in [0, 0.05) is 0 Å². The van der Waals surface area contributed by atoms with Crippen LogP contribution >= 0.6 is 0 Å². The first-order valence-corrected chi connectivity index (χ1v) is 6.52. The third kappa shape index (κ3) is 2.48. The fourth-order valence-corrected chi connectivity index (χ4v) is 1.66. The fraction of sp³-hybridized carbons (Fsp3) is 0.833. The van der Waals surface area contributed by atoms with Gasteiger partial charge in [0.15, 0.2) is 8.32 Å². The van der Waals surface area contributed by atoms with E-state index in [9.17, 15) is 0 Å². The molecule has 0 heterocycles. The maximum atomic E-state index is 5.60. The molecule has 1 fully saturated rings. The van der Waals surface area contributed by atoms with Crippen LogP contribution in [0.25, 0.3) is 0 Å². The Morgan fingerprint density at radius 2 is 1.75 bits per heavy atom. The lowest BCUT2D eigenvalue weighted by molar-refractivity contribution is 0.388. The third-order valence-electron chi connectivity index (χ3n) is 0.905. The first-order valence-electron chi connectivity index (χ1n) is 3.12. The second-order valence-corrected chi connectivity index (χ2v) is 7.68. The third-order valence-corrected chi connectivity index (χ3v) is 1.81. The average molecular weight is 129 g/mol. The molecule has 0 atom stereocenters. The summed E-state index contributed by atoms with van der Waals surface area (Å²) in [6.07, 6.45) is 3.79. The van der Waals surface area contributed by atoms with Gasteiger partial charge in [0.2, 0.25) is 0 Å². The molecule has 0 N–H and O–H groups in total. The number of rotatable bonds is 2. The molecule has 0 aromatic carbocycles. The van der Waals surface area contributed by atoms with E-state index in [1.807, 2.05) is 0 Å². The van der Waals surface area contributed by atoms with Crippen LogP contribution in [0, 0.1) is 6.10 Å². The van der Waals surface area contributed by atoms with Crippen molar-refractivity contribution in [1.82, 2.24) is 0 Å². The van der Waals surface area contributed by atoms with Gasteiger partial charge in [-0.05, 0) is 32.5 Å². The van der Waals surface area contributed by atoms with Crippen LogP contribution in [0.15, 0.2) is 0 Å². The molecule has 0 amide bonds. The zero-order valence-electron chi connectivity index (χ0n) is 5.82. The van der Waals surface area contributed by atoms with Crippen molar-refractivity contribution in [1.29, 1.82) is 0 Å². The number of hydrogen-bond donors (Lipinski definition) is 0. The van der Waals surface area contributed by atoms with Crippen LogP contribution < -0.4 is 0 Å². The Hall–Kier alpha value is 0.177. The Balaban J connectivity index is 2.16. The molecular formula is C6H13OSi. The van der Waals surface area contributed by atoms with E-state index >= 15 is 0 Å². The van der Waals surface area contributed by atoms with Gasteiger partial charge in [-0.15, -0.1) is 0 Å². The predicted octanol–water partition coefficient (Wildman–Crippen LogP) is 2.16. The maximum Gasteiger partial charge on any atom is 0.184 e. The van der Waals surface area contributed by atoms with Crippen molar-refractivity contribution in [3.63, 3.8) is 0 Å². The molecule has 1 radical (unpaired) electrons. The highest BCUT2D eigenvalue weighted by molar-refractivity contribution is 6.69. The van der Waals surface area contributed by atoms with E-state index in [1.54, 1.807) is 0 Å². The van der Waals surface area contributed by atoms with Crippen molar-refractivity contribution >= 4 is 8.32 Å². The zero-order chi connectivity index (χ0) is 6.20. The van der Waals surface area contributed by atoms with Gasteiger partial charge in [0.05, 0.1) is 6.10 Å². The first kappa shape index (κ1) is 6.30. The van der Waals surface area contributed by atoms with Crippen molar-refractivity contribution < 1.29 is 4.43 Å². The van der Waals surface area contributed by atoms with Gasteiger partial charge in [0.1, 0.15) is 0 Å². The van der Waals surface area contributed by atoms with Gasteiger partial charge >= 0.3 is 0 Å². The van der Waals surface area contributed by atoms with Gasteiger partial charge in [-0.25, -0.2) is 0 Å². The van der Waals surface area contributed by atoms with Crippen LogP contribution in [-0.4, -0.2) is 8.32 Å². The number of hydrogen-bond acceptors (Lipinski definition) is 1. The molecule has 0 spiro atoms. The van der Waals surface area contributed by atoms with Crippen LogP contribution in [0.1, 0.15) is 12.8 Å². The molecule has 1 aliphatic carbocycles. The molecule has 1 saturated carbocycles. The summed E-state index contributed by atoms with van der Waals surface area (Å²) in [6.45, 7) is 6.66. The summed E-state index contributed by atoms with van der Waals surface area (Å²) in [5.74, 6) is 0. The van der Waals surface area contributed by atoms with Gasteiger partial charge in [-0.2, -0.15) is 0 Å². The van der Waals surface area contributed by atoms with Crippen LogP contribution in [0.2, 0.25) is 19.6 Å². The normalized spacial score (nSPS) is 21.4. The minimum atomic E-state index is -1.19. The average Bonchev–Trinajstić information content (AvgIpc) is 2.12. The smallest absolute Gasteiger partial charge is 0.184 e. The van der Waals surface area contributed by atoms with E-state index in [4.69, 9.17) is 4.43 Å². The van der Waals surface area contributed by atoms with Crippen LogP contribution in [0.5, 0.6) is 0 Å². The summed E-state index contributed by atoms with van der Waals surface area (Å²) >= 11 is 0. The van der Waals surface area contributed by atoms with Gasteiger partial charge in [0.25, 0.3) is 0 Å². The highest BCUT2D eigenvalue weighted by Crippen LogP contribution is 2.35. The molecule has 0 aromatic rings. The highest BCUT2D eigenvalue weighted by atomic mass is 28.4. The monoisotopic (exact) mass is 129 g/mol. The molecule has 8 heavy (non-hydrogen) atoms. The predicted molar refractivity (Wildman–Crippen MR) is 36.9 cm³/mol. The maximum absolute atomic E-state index is 5.60. The zero-order valence-corrected chi connectivity index (χ0v) is 6.82. The molecule has 2 heteroatoms. The minimum Gasteiger partial charge on any atom is -0.409 e. The summed E-state index contributed by atoms with van der Waals surface area (Å²) < 4.78 is 5.60. The van der Waals surface area contributed by atoms with E-state index < -0.39 is 8.32 Å². The van der Waals surface area contributed by atoms with E-state index in [2.05, 4.69) is 19.6 Å². The molecule has 0 unspecified atom stereocenters. The molecule has 0 saturated heterocycles. The van der Waals surface area contributed by atoms with Gasteiger partial charge in [-0.1, -0.05) is 0 Å². The molecule has 0 aromatic heterocycles. The van der Waals surface area contributed by atoms with E-state index in [1.165, 1.54) is 18.9 Å². The molecule has 1 rings (SSSR count). The Bertz CT molecular complexity index is 81.0. The van der Waals surface area contributed by atoms with Crippen LogP contribution in [0.4, 0.5) is 0 Å². The lowest BCUT2D eigenvalue weighted by Gasteiger charge is -2.14. The first-order chi connectivity index (χ1) is 3.58. The lowest BCUT2D eigenvalue weighted by atomic mass is 10.9. The van der Waals surface area contributed by atoms with E-state index in [0.717, 1.165) is 0 Å². The second-order valence-electron chi connectivity index (χ2n) is 3.25. The van der Waals surface area contributed by atoms with Crippen molar-refractivity contribution in [2.45, 2.75) is 32.5 Å². The van der Waals surface area contributed by atoms with Crippen molar-refractivity contribution in [3.05, 3.63) is 6.10 Å². The van der Waals surface area contributed by atoms with Gasteiger partial charge < -0.3 is 4.43 Å². The highest BCUT2D eigenvalue weighted by Gasteiger charge is 2.29. The van der Waals surface area contributed by atoms with E-state index in [0.29, 0.717) is 0 Å². The SMILES string of the molecule is C[Si](C)(C)O[C]1CC1. The van der Waals surface area contributed by atoms with Crippen molar-refractivity contribution in [3.8, 4) is 0 Å². The molecule has 1 aliphatic rings. The summed E-state index contributed by atoms with van der Waals surface area (Å²) in [7, 11) is -1.19. The van der Waals surface area contributed by atoms with Crippen LogP contribution in [0.3, 0.4) is 0 Å². The lowest BCUT2D eigenvalue weighted by Crippen LogP contribution is -2.23. The summed E-state index contributed by atoms with van der Waals surface area (Å²) in [4.78, 5) is 0. The Kier molecular flexibility index (Phi) is 1.45. The van der Waals surface area contributed by atoms with Crippen molar-refractivity contribution in [2.75, 3.05) is 0 Å². The Morgan fingerprint density at radius 3 is 1.88 bits per heavy atom. The summed E-state index contributed by atoms with van der Waals surface area (Å²) in [6, 6.07) is 0. The Morgan fingerprint density at radius 1 is 1.25 bits per heavy atom. The summed E-state index contributed by atoms with van der Waals surface area (Å²) in [5.41, 5.74) is 0. The molecular weight excluding hydrogens is 116 g/mol. The minimum absolute atomic E-state index is 1.19. The van der Waals surface area contributed by atoms with Gasteiger partial charge in [-0.3, -0.25) is 0 Å². The largest absolute Gasteiger partial charge is 0.409 e. The topological polar surface area (TPSA) is 9.23 Å². The van der Waals surface area contributed by atoms with E-state index in [-0.39, 0.29) is 0 Å². The quantitative estimate of drug-likeness (QED) is 0.519. The Labute approximate surface area is 52.2 Å². The second kappa shape index (κ2) is 1.85. The van der Waals surface area contributed by atoms with Crippen molar-refractivity contribution in [2.24, 2.45) is 0 Å². The molecule has 0 aliphatic heterocycles. The fourth-order valence-electron chi connectivity index (χ4n) is 0.586. The molecule has 0 bridgehead atoms. The molecule has 1 nitrogen and oxygen atoms in total. The molecule has 47 valence electrons.